The lowest BCUT2D eigenvalue weighted by molar-refractivity contribution is -0.141. The second-order valence-electron chi connectivity index (χ2n) is 5.46. The van der Waals surface area contributed by atoms with E-state index in [2.05, 4.69) is 5.32 Å². The number of hydrogen-bond acceptors (Lipinski definition) is 3. The molecule has 1 heterocycles. The third-order valence-corrected chi connectivity index (χ3v) is 3.53. The van der Waals surface area contributed by atoms with E-state index in [9.17, 15) is 36.3 Å². The van der Waals surface area contributed by atoms with Crippen molar-refractivity contribution in [1.82, 2.24) is 15.5 Å². The average Bonchev–Trinajstić information content (AvgIpc) is 2.71. The van der Waals surface area contributed by atoms with Gasteiger partial charge in [0.1, 0.15) is 30.3 Å². The minimum atomic E-state index is -4.66. The summed E-state index contributed by atoms with van der Waals surface area (Å²) in [4.78, 5) is 36.1. The lowest BCUT2D eigenvalue weighted by atomic mass is 9.91. The third-order valence-electron chi connectivity index (χ3n) is 3.53. The van der Waals surface area contributed by atoms with Crippen LogP contribution in [0.2, 0.25) is 0 Å². The molecule has 1 fully saturated rings. The van der Waals surface area contributed by atoms with Crippen LogP contribution < -0.4 is 10.6 Å². The van der Waals surface area contributed by atoms with Gasteiger partial charge in [0.15, 0.2) is 0 Å². The van der Waals surface area contributed by atoms with E-state index < -0.39 is 59.8 Å². The van der Waals surface area contributed by atoms with Gasteiger partial charge in [0.25, 0.3) is 5.91 Å². The van der Waals surface area contributed by atoms with Crippen LogP contribution in [-0.2, 0) is 15.1 Å². The van der Waals surface area contributed by atoms with E-state index in [0.29, 0.717) is 11.0 Å². The van der Waals surface area contributed by atoms with Crippen LogP contribution in [0.1, 0.15) is 12.5 Å². The fraction of sp³-hybridized carbons (Fsp3) is 0.357. The second kappa shape index (κ2) is 6.30. The molecule has 25 heavy (non-hydrogen) atoms. The van der Waals surface area contributed by atoms with Gasteiger partial charge in [-0.3, -0.25) is 14.5 Å². The fourth-order valence-electron chi connectivity index (χ4n) is 2.30. The van der Waals surface area contributed by atoms with Gasteiger partial charge in [-0.05, 0) is 25.1 Å². The highest BCUT2D eigenvalue weighted by molar-refractivity contribution is 6.09. The van der Waals surface area contributed by atoms with E-state index in [0.717, 1.165) is 19.1 Å². The minimum absolute atomic E-state index is 0.329. The molecule has 1 unspecified atom stereocenters. The molecule has 0 aromatic heterocycles. The average molecular weight is 365 g/mol. The molecule has 6 nitrogen and oxygen atoms in total. The zero-order chi connectivity index (χ0) is 19.0. The van der Waals surface area contributed by atoms with E-state index >= 15 is 0 Å². The van der Waals surface area contributed by atoms with Crippen molar-refractivity contribution in [3.63, 3.8) is 0 Å². The summed E-state index contributed by atoms with van der Waals surface area (Å²) in [6.07, 6.45) is -4.66. The van der Waals surface area contributed by atoms with Gasteiger partial charge < -0.3 is 10.6 Å². The molecule has 0 radical (unpaired) electrons. The summed E-state index contributed by atoms with van der Waals surface area (Å²) in [5.74, 6) is -4.16. The molecule has 1 atom stereocenters. The Morgan fingerprint density at radius 2 is 1.92 bits per heavy atom. The largest absolute Gasteiger partial charge is 0.405 e. The summed E-state index contributed by atoms with van der Waals surface area (Å²) in [5.41, 5.74) is -2.46. The summed E-state index contributed by atoms with van der Waals surface area (Å²) >= 11 is 0. The van der Waals surface area contributed by atoms with Crippen molar-refractivity contribution < 1.29 is 36.3 Å². The molecule has 2 rings (SSSR count). The van der Waals surface area contributed by atoms with E-state index in [-0.39, 0.29) is 0 Å². The Bertz CT molecular complexity index is 737. The molecule has 1 saturated heterocycles. The molecular formula is C14H12F5N3O3. The van der Waals surface area contributed by atoms with Crippen molar-refractivity contribution in [3.05, 3.63) is 35.4 Å². The normalized spacial score (nSPS) is 20.6. The Hall–Kier alpha value is -2.72. The summed E-state index contributed by atoms with van der Waals surface area (Å²) in [6, 6.07) is 1.17. The molecule has 1 aliphatic heterocycles. The van der Waals surface area contributed by atoms with Crippen LogP contribution in [0.3, 0.4) is 0 Å². The van der Waals surface area contributed by atoms with Crippen LogP contribution in [0.25, 0.3) is 0 Å². The monoisotopic (exact) mass is 365 g/mol. The molecule has 1 aliphatic rings. The molecule has 1 aromatic carbocycles. The predicted molar refractivity (Wildman–Crippen MR) is 73.0 cm³/mol. The van der Waals surface area contributed by atoms with Crippen LogP contribution >= 0.6 is 0 Å². The number of alkyl halides is 3. The van der Waals surface area contributed by atoms with Crippen LogP contribution in [0, 0.1) is 11.6 Å². The molecule has 0 spiro atoms. The Labute approximate surface area is 138 Å². The van der Waals surface area contributed by atoms with Gasteiger partial charge in [-0.2, -0.15) is 13.2 Å². The van der Waals surface area contributed by atoms with Crippen LogP contribution in [0.15, 0.2) is 18.2 Å². The molecule has 136 valence electrons. The number of hydrogen-bond donors (Lipinski definition) is 2. The molecule has 2 N–H and O–H groups in total. The van der Waals surface area contributed by atoms with Gasteiger partial charge >= 0.3 is 12.2 Å². The summed E-state index contributed by atoms with van der Waals surface area (Å²) < 4.78 is 63.4. The number of nitrogens with one attached hydrogen (secondary N) is 2. The Balaban J connectivity index is 2.19. The molecule has 0 aliphatic carbocycles. The number of amides is 4. The number of carbonyl (C=O) groups is 3. The summed E-state index contributed by atoms with van der Waals surface area (Å²) in [7, 11) is 0. The molecule has 11 heteroatoms. The first-order valence-electron chi connectivity index (χ1n) is 6.87. The minimum Gasteiger partial charge on any atom is -0.345 e. The van der Waals surface area contributed by atoms with Crippen molar-refractivity contribution in [2.75, 3.05) is 13.1 Å². The van der Waals surface area contributed by atoms with Crippen molar-refractivity contribution in [3.8, 4) is 0 Å². The van der Waals surface area contributed by atoms with E-state index in [1.54, 1.807) is 0 Å². The van der Waals surface area contributed by atoms with Gasteiger partial charge in [0, 0.05) is 5.56 Å². The lowest BCUT2D eigenvalue weighted by Crippen LogP contribution is -2.45. The van der Waals surface area contributed by atoms with Crippen molar-refractivity contribution in [2.45, 2.75) is 18.6 Å². The highest BCUT2D eigenvalue weighted by Crippen LogP contribution is 2.31. The number of nitrogens with zero attached hydrogens (tertiary/aromatic N) is 1. The Morgan fingerprint density at radius 1 is 1.28 bits per heavy atom. The summed E-state index contributed by atoms with van der Waals surface area (Å²) in [6.45, 7) is -1.53. The molecule has 0 saturated carbocycles. The number of imide groups is 1. The van der Waals surface area contributed by atoms with Gasteiger partial charge in [0.05, 0.1) is 0 Å². The third kappa shape index (κ3) is 3.86. The first-order chi connectivity index (χ1) is 11.4. The molecular weight excluding hydrogens is 353 g/mol. The van der Waals surface area contributed by atoms with Gasteiger partial charge in [0.2, 0.25) is 5.91 Å². The SMILES string of the molecule is CC1(c2cc(F)ccc2F)NC(=O)N(CC(=O)NCC(F)(F)F)C1=O. The maximum absolute atomic E-state index is 13.9. The lowest BCUT2D eigenvalue weighted by Gasteiger charge is -2.22. The van der Waals surface area contributed by atoms with Crippen LogP contribution in [-0.4, -0.2) is 42.0 Å². The topological polar surface area (TPSA) is 78.5 Å². The first kappa shape index (κ1) is 18.6. The zero-order valence-electron chi connectivity index (χ0n) is 12.7. The number of benzene rings is 1. The van der Waals surface area contributed by atoms with Crippen molar-refractivity contribution >= 4 is 17.8 Å². The van der Waals surface area contributed by atoms with Gasteiger partial charge in [-0.15, -0.1) is 0 Å². The van der Waals surface area contributed by atoms with Crippen LogP contribution in [0.5, 0.6) is 0 Å². The van der Waals surface area contributed by atoms with Gasteiger partial charge in [-0.25, -0.2) is 13.6 Å². The smallest absolute Gasteiger partial charge is 0.345 e. The highest BCUT2D eigenvalue weighted by atomic mass is 19.4. The molecule has 4 amide bonds. The summed E-state index contributed by atoms with van der Waals surface area (Å²) in [5, 5.41) is 3.63. The standard InChI is InChI=1S/C14H12F5N3O3/c1-13(8-4-7(15)2-3-9(8)16)11(24)22(12(25)21-13)5-10(23)20-6-14(17,18)19/h2-4H,5-6H2,1H3,(H,20,23)(H,21,25). The van der Waals surface area contributed by atoms with E-state index in [1.165, 1.54) is 5.32 Å². The fourth-order valence-corrected chi connectivity index (χ4v) is 2.30. The molecule has 0 bridgehead atoms. The number of halogens is 5. The number of urea groups is 1. The van der Waals surface area contributed by atoms with E-state index in [1.807, 2.05) is 0 Å². The van der Waals surface area contributed by atoms with Crippen LogP contribution in [0.4, 0.5) is 26.7 Å². The zero-order valence-corrected chi connectivity index (χ0v) is 12.7. The highest BCUT2D eigenvalue weighted by Gasteiger charge is 2.51. The van der Waals surface area contributed by atoms with Crippen molar-refractivity contribution in [2.24, 2.45) is 0 Å². The predicted octanol–water partition coefficient (Wildman–Crippen LogP) is 1.41. The van der Waals surface area contributed by atoms with E-state index in [4.69, 9.17) is 0 Å². The maximum atomic E-state index is 13.9. The number of rotatable bonds is 4. The molecule has 1 aromatic rings. The Kier molecular flexibility index (Phi) is 4.69. The quantitative estimate of drug-likeness (QED) is 0.626. The second-order valence-corrected chi connectivity index (χ2v) is 5.46. The van der Waals surface area contributed by atoms with Crippen molar-refractivity contribution in [1.29, 1.82) is 0 Å². The number of carbonyl (C=O) groups excluding carboxylic acids is 3. The van der Waals surface area contributed by atoms with Gasteiger partial charge in [-0.1, -0.05) is 0 Å². The Morgan fingerprint density at radius 3 is 2.52 bits per heavy atom. The maximum Gasteiger partial charge on any atom is 0.405 e. The first-order valence-corrected chi connectivity index (χ1v) is 6.87.